The van der Waals surface area contributed by atoms with E-state index in [2.05, 4.69) is 5.32 Å². The lowest BCUT2D eigenvalue weighted by Gasteiger charge is -2.23. The molecule has 5 nitrogen and oxygen atoms in total. The smallest absolute Gasteiger partial charge is 0.318 e. The third kappa shape index (κ3) is 5.89. The van der Waals surface area contributed by atoms with Crippen molar-refractivity contribution in [3.8, 4) is 0 Å². The highest BCUT2D eigenvalue weighted by molar-refractivity contribution is 7.91. The molecule has 0 saturated heterocycles. The number of carbonyl (C=O) groups is 1. The zero-order chi connectivity index (χ0) is 21.7. The Morgan fingerprint density at radius 2 is 1.63 bits per heavy atom. The summed E-state index contributed by atoms with van der Waals surface area (Å²) in [5.41, 5.74) is 0.280. The van der Waals surface area contributed by atoms with Crippen molar-refractivity contribution >= 4 is 67.7 Å². The molecule has 2 aromatic carbocycles. The Bertz CT molecular complexity index is 1100. The summed E-state index contributed by atoms with van der Waals surface area (Å²) in [6.45, 7) is 0.235. The van der Waals surface area contributed by atoms with Gasteiger partial charge in [0.15, 0.2) is 9.84 Å². The van der Waals surface area contributed by atoms with Crippen molar-refractivity contribution < 1.29 is 13.2 Å². The van der Waals surface area contributed by atoms with E-state index in [1.165, 1.54) is 40.5 Å². The van der Waals surface area contributed by atoms with Crippen molar-refractivity contribution in [3.63, 3.8) is 0 Å². The van der Waals surface area contributed by atoms with Crippen LogP contribution in [0.15, 0.2) is 64.9 Å². The molecule has 0 radical (unpaired) electrons. The van der Waals surface area contributed by atoms with Gasteiger partial charge in [-0.3, -0.25) is 0 Å². The number of anilines is 1. The zero-order valence-corrected chi connectivity index (χ0v) is 19.4. The van der Waals surface area contributed by atoms with Crippen LogP contribution in [0.5, 0.6) is 0 Å². The number of sulfone groups is 1. The topological polar surface area (TPSA) is 66.5 Å². The molecule has 0 atom stereocenters. The van der Waals surface area contributed by atoms with Crippen LogP contribution >= 0.6 is 46.1 Å². The first-order chi connectivity index (χ1) is 14.3. The molecular formula is C20H17Cl3N2O3S2. The number of rotatable bonds is 7. The molecule has 0 bridgehead atoms. The fraction of sp³-hybridized carbons (Fsp3) is 0.150. The van der Waals surface area contributed by atoms with Gasteiger partial charge in [0.05, 0.1) is 32.9 Å². The molecule has 0 saturated carbocycles. The van der Waals surface area contributed by atoms with Crippen molar-refractivity contribution in [2.45, 2.75) is 11.4 Å². The van der Waals surface area contributed by atoms with Crippen molar-refractivity contribution in [2.24, 2.45) is 0 Å². The Labute approximate surface area is 194 Å². The Morgan fingerprint density at radius 3 is 2.23 bits per heavy atom. The maximum absolute atomic E-state index is 12.9. The molecule has 0 aliphatic heterocycles. The number of carbonyl (C=O) groups excluding carboxylic acids is 1. The van der Waals surface area contributed by atoms with Crippen molar-refractivity contribution in [1.82, 2.24) is 4.90 Å². The van der Waals surface area contributed by atoms with Gasteiger partial charge in [0.1, 0.15) is 0 Å². The molecule has 158 valence electrons. The molecule has 30 heavy (non-hydrogen) atoms. The van der Waals surface area contributed by atoms with Crippen molar-refractivity contribution in [1.29, 1.82) is 0 Å². The molecule has 1 aromatic heterocycles. The number of benzene rings is 2. The minimum atomic E-state index is -3.60. The lowest BCUT2D eigenvalue weighted by Crippen LogP contribution is -2.37. The standard InChI is InChI=1S/C20H17Cl3N2O3S2/c21-14-6-8-16(9-7-14)30(27,28)12-10-25(13-15-3-2-11-29-15)20(26)24-19-17(22)4-1-5-18(19)23/h1-9,11H,10,12-13H2,(H,24,26). The van der Waals surface area contributed by atoms with E-state index in [-0.39, 0.29) is 29.4 Å². The van der Waals surface area contributed by atoms with E-state index < -0.39 is 15.9 Å². The minimum absolute atomic E-state index is 0.0171. The maximum atomic E-state index is 12.9. The van der Waals surface area contributed by atoms with Crippen LogP contribution in [0.2, 0.25) is 15.1 Å². The van der Waals surface area contributed by atoms with Crippen LogP contribution in [-0.4, -0.2) is 31.6 Å². The van der Waals surface area contributed by atoms with Crippen LogP contribution in [0.25, 0.3) is 0 Å². The molecule has 2 amide bonds. The maximum Gasteiger partial charge on any atom is 0.322 e. The van der Waals surface area contributed by atoms with Crippen LogP contribution in [0, 0.1) is 0 Å². The number of hydrogen-bond acceptors (Lipinski definition) is 4. The van der Waals surface area contributed by atoms with Crippen LogP contribution in [0.4, 0.5) is 10.5 Å². The molecule has 1 N–H and O–H groups in total. The van der Waals surface area contributed by atoms with Crippen LogP contribution in [0.3, 0.4) is 0 Å². The van der Waals surface area contributed by atoms with Gasteiger partial charge in [-0.05, 0) is 47.8 Å². The van der Waals surface area contributed by atoms with Gasteiger partial charge in [-0.25, -0.2) is 13.2 Å². The first kappa shape index (κ1) is 22.9. The summed E-state index contributed by atoms with van der Waals surface area (Å²) in [5, 5.41) is 5.61. The lowest BCUT2D eigenvalue weighted by molar-refractivity contribution is 0.213. The monoisotopic (exact) mass is 502 g/mol. The van der Waals surface area contributed by atoms with Crippen molar-refractivity contribution in [2.75, 3.05) is 17.6 Å². The van der Waals surface area contributed by atoms with Crippen LogP contribution in [0.1, 0.15) is 4.88 Å². The van der Waals surface area contributed by atoms with Gasteiger partial charge in [0.25, 0.3) is 0 Å². The molecule has 3 rings (SSSR count). The number of nitrogens with one attached hydrogen (secondary N) is 1. The number of hydrogen-bond donors (Lipinski definition) is 1. The number of nitrogens with zero attached hydrogens (tertiary/aromatic N) is 1. The molecule has 0 fully saturated rings. The van der Waals surface area contributed by atoms with E-state index in [9.17, 15) is 13.2 Å². The molecule has 3 aromatic rings. The average Bonchev–Trinajstić information content (AvgIpc) is 3.21. The first-order valence-electron chi connectivity index (χ1n) is 8.77. The fourth-order valence-electron chi connectivity index (χ4n) is 2.64. The fourth-order valence-corrected chi connectivity index (χ4v) is 5.22. The molecule has 0 aliphatic carbocycles. The van der Waals surface area contributed by atoms with E-state index in [0.717, 1.165) is 4.88 Å². The van der Waals surface area contributed by atoms with Gasteiger partial charge in [0, 0.05) is 16.4 Å². The Kier molecular flexibility index (Phi) is 7.65. The highest BCUT2D eigenvalue weighted by Crippen LogP contribution is 2.30. The van der Waals surface area contributed by atoms with E-state index in [0.29, 0.717) is 15.1 Å². The lowest BCUT2D eigenvalue weighted by atomic mass is 10.3. The summed E-state index contributed by atoms with van der Waals surface area (Å²) in [6, 6.07) is 14.1. The van der Waals surface area contributed by atoms with Crippen molar-refractivity contribution in [3.05, 3.63) is 79.9 Å². The number of thiophene rings is 1. The Balaban J connectivity index is 1.78. The quantitative estimate of drug-likeness (QED) is 0.416. The van der Waals surface area contributed by atoms with Gasteiger partial charge in [-0.1, -0.05) is 46.9 Å². The Hall–Kier alpha value is -1.77. The third-order valence-electron chi connectivity index (χ3n) is 4.21. The van der Waals surface area contributed by atoms with E-state index in [1.807, 2.05) is 17.5 Å². The van der Waals surface area contributed by atoms with Gasteiger partial charge in [0.2, 0.25) is 0 Å². The number of halogens is 3. The van der Waals surface area contributed by atoms with Crippen LogP contribution < -0.4 is 5.32 Å². The molecular weight excluding hydrogens is 487 g/mol. The van der Waals surface area contributed by atoms with E-state index in [4.69, 9.17) is 34.8 Å². The predicted molar refractivity (Wildman–Crippen MR) is 124 cm³/mol. The summed E-state index contributed by atoms with van der Waals surface area (Å²) in [6.07, 6.45) is 0. The predicted octanol–water partition coefficient (Wildman–Crippen LogP) is 6.22. The summed E-state index contributed by atoms with van der Waals surface area (Å²) < 4.78 is 25.4. The summed E-state index contributed by atoms with van der Waals surface area (Å²) >= 11 is 19.6. The number of urea groups is 1. The van der Waals surface area contributed by atoms with Gasteiger partial charge < -0.3 is 10.2 Å². The normalized spacial score (nSPS) is 11.3. The first-order valence-corrected chi connectivity index (χ1v) is 12.4. The van der Waals surface area contributed by atoms with Gasteiger partial charge in [-0.2, -0.15) is 0 Å². The molecule has 0 aliphatic rings. The molecule has 10 heteroatoms. The summed E-state index contributed by atoms with van der Waals surface area (Å²) in [4.78, 5) is 15.4. The number of amides is 2. The van der Waals surface area contributed by atoms with Gasteiger partial charge >= 0.3 is 6.03 Å². The highest BCUT2D eigenvalue weighted by atomic mass is 35.5. The summed E-state index contributed by atoms with van der Waals surface area (Å²) in [5.74, 6) is -0.246. The molecule has 1 heterocycles. The highest BCUT2D eigenvalue weighted by Gasteiger charge is 2.22. The molecule has 0 unspecified atom stereocenters. The van der Waals surface area contributed by atoms with Gasteiger partial charge in [-0.15, -0.1) is 11.3 Å². The minimum Gasteiger partial charge on any atom is -0.318 e. The third-order valence-corrected chi connectivity index (χ3v) is 7.66. The molecule has 0 spiro atoms. The second-order valence-corrected chi connectivity index (χ2v) is 10.7. The van der Waals surface area contributed by atoms with E-state index in [1.54, 1.807) is 18.2 Å². The SMILES string of the molecule is O=C(Nc1c(Cl)cccc1Cl)N(CCS(=O)(=O)c1ccc(Cl)cc1)Cc1cccs1. The zero-order valence-electron chi connectivity index (χ0n) is 15.5. The van der Waals surface area contributed by atoms with Crippen LogP contribution in [-0.2, 0) is 16.4 Å². The largest absolute Gasteiger partial charge is 0.322 e. The summed E-state index contributed by atoms with van der Waals surface area (Å²) in [7, 11) is -3.60. The average molecular weight is 504 g/mol. The van der Waals surface area contributed by atoms with E-state index >= 15 is 0 Å². The number of para-hydroxylation sites is 1. The second kappa shape index (κ2) is 10.0. The second-order valence-electron chi connectivity index (χ2n) is 6.30. The Morgan fingerprint density at radius 1 is 0.967 bits per heavy atom.